The minimum atomic E-state index is -0.685. The highest BCUT2D eigenvalue weighted by molar-refractivity contribution is 14.1. The Bertz CT molecular complexity index is 1050. The maximum atomic E-state index is 13.0. The van der Waals surface area contributed by atoms with Crippen molar-refractivity contribution in [1.82, 2.24) is 9.80 Å². The van der Waals surface area contributed by atoms with Gasteiger partial charge in [-0.2, -0.15) is 0 Å². The lowest BCUT2D eigenvalue weighted by Crippen LogP contribution is -2.35. The lowest BCUT2D eigenvalue weighted by atomic mass is 9.95. The first-order chi connectivity index (χ1) is 14.9. The number of likely N-dealkylation sites (tertiary alicyclic amines) is 1. The van der Waals surface area contributed by atoms with Crippen molar-refractivity contribution in [3.8, 4) is 11.5 Å². The molecule has 4 rings (SSSR count). The third kappa shape index (κ3) is 4.27. The normalized spacial score (nSPS) is 19.9. The molecule has 1 N–H and O–H groups in total. The summed E-state index contributed by atoms with van der Waals surface area (Å²) in [6.45, 7) is 1.83. The fraction of sp³-hybridized carbons (Fsp3) is 0.304. The molecule has 2 aromatic rings. The molecule has 7 nitrogen and oxygen atoms in total. The highest BCUT2D eigenvalue weighted by Gasteiger charge is 2.45. The van der Waals surface area contributed by atoms with E-state index in [1.54, 1.807) is 18.2 Å². The van der Waals surface area contributed by atoms with Crippen LogP contribution in [0.4, 0.5) is 0 Å². The molecule has 0 radical (unpaired) electrons. The standard InChI is InChI=1S/C23H23IN2O5/c1-25(2)9-10-26-20(14-3-6-16(24)7-4-14)19(22(28)23(26)29)21(27)15-5-8-17-18(13-15)31-12-11-30-17/h3-8,13,20,27H,9-12H2,1-2H3/b21-19+. The average molecular weight is 534 g/mol. The van der Waals surface area contributed by atoms with Gasteiger partial charge in [0.25, 0.3) is 11.7 Å². The number of likely N-dealkylation sites (N-methyl/N-ethyl adjacent to an activating group) is 1. The number of rotatable bonds is 5. The van der Waals surface area contributed by atoms with E-state index in [1.807, 2.05) is 43.3 Å². The molecule has 2 aromatic carbocycles. The van der Waals surface area contributed by atoms with Crippen LogP contribution in [0.15, 0.2) is 48.0 Å². The molecule has 1 unspecified atom stereocenters. The van der Waals surface area contributed by atoms with Crippen molar-refractivity contribution >= 4 is 40.0 Å². The van der Waals surface area contributed by atoms with Crippen LogP contribution in [-0.2, 0) is 9.59 Å². The van der Waals surface area contributed by atoms with Gasteiger partial charge in [-0.05, 0) is 72.6 Å². The predicted molar refractivity (Wildman–Crippen MR) is 124 cm³/mol. The van der Waals surface area contributed by atoms with Gasteiger partial charge >= 0.3 is 0 Å². The number of ether oxygens (including phenoxy) is 2. The van der Waals surface area contributed by atoms with Gasteiger partial charge in [-0.25, -0.2) is 0 Å². The highest BCUT2D eigenvalue weighted by atomic mass is 127. The van der Waals surface area contributed by atoms with Crippen molar-refractivity contribution in [3.05, 3.63) is 62.7 Å². The van der Waals surface area contributed by atoms with Gasteiger partial charge in [-0.3, -0.25) is 9.59 Å². The van der Waals surface area contributed by atoms with Gasteiger partial charge in [0.1, 0.15) is 19.0 Å². The Labute approximate surface area is 194 Å². The summed E-state index contributed by atoms with van der Waals surface area (Å²) < 4.78 is 12.2. The van der Waals surface area contributed by atoms with E-state index in [2.05, 4.69) is 22.6 Å². The number of aliphatic hydroxyl groups is 1. The number of fused-ring (bicyclic) bond motifs is 1. The van der Waals surface area contributed by atoms with E-state index in [-0.39, 0.29) is 11.3 Å². The molecule has 2 aliphatic rings. The third-order valence-electron chi connectivity index (χ3n) is 5.33. The quantitative estimate of drug-likeness (QED) is 0.275. The number of carbonyl (C=O) groups excluding carboxylic acids is 2. The molecule has 0 saturated carbocycles. The third-order valence-corrected chi connectivity index (χ3v) is 6.05. The molecular weight excluding hydrogens is 511 g/mol. The van der Waals surface area contributed by atoms with E-state index in [4.69, 9.17) is 9.47 Å². The second-order valence-corrected chi connectivity index (χ2v) is 8.95. The molecule has 162 valence electrons. The van der Waals surface area contributed by atoms with Crippen molar-refractivity contribution < 1.29 is 24.2 Å². The number of amides is 1. The summed E-state index contributed by atoms with van der Waals surface area (Å²) in [5, 5.41) is 11.2. The Morgan fingerprint density at radius 1 is 1.10 bits per heavy atom. The van der Waals surface area contributed by atoms with E-state index >= 15 is 0 Å². The lowest BCUT2D eigenvalue weighted by Gasteiger charge is -2.26. The lowest BCUT2D eigenvalue weighted by molar-refractivity contribution is -0.140. The molecule has 31 heavy (non-hydrogen) atoms. The Morgan fingerprint density at radius 3 is 2.45 bits per heavy atom. The number of ketones is 1. The molecule has 2 heterocycles. The molecule has 0 bridgehead atoms. The summed E-state index contributed by atoms with van der Waals surface area (Å²) in [6, 6.07) is 12.0. The number of hydrogen-bond acceptors (Lipinski definition) is 6. The first-order valence-corrected chi connectivity index (χ1v) is 11.0. The summed E-state index contributed by atoms with van der Waals surface area (Å²) >= 11 is 2.21. The Balaban J connectivity index is 1.81. The van der Waals surface area contributed by atoms with E-state index < -0.39 is 17.7 Å². The van der Waals surface area contributed by atoms with Gasteiger partial charge in [0.05, 0.1) is 11.6 Å². The number of Topliss-reactive ketones (excluding diaryl/α,β-unsaturated/α-hetero) is 1. The number of aliphatic hydroxyl groups excluding tert-OH is 1. The first kappa shape index (κ1) is 21.6. The minimum absolute atomic E-state index is 0.0849. The second-order valence-electron chi connectivity index (χ2n) is 7.71. The zero-order chi connectivity index (χ0) is 22.1. The summed E-state index contributed by atoms with van der Waals surface area (Å²) in [6.07, 6.45) is 0. The predicted octanol–water partition coefficient (Wildman–Crippen LogP) is 3.05. The van der Waals surface area contributed by atoms with Crippen LogP contribution in [0, 0.1) is 3.57 Å². The molecule has 8 heteroatoms. The van der Waals surface area contributed by atoms with Gasteiger partial charge in [0.2, 0.25) is 0 Å². The summed E-state index contributed by atoms with van der Waals surface area (Å²) in [4.78, 5) is 29.4. The molecule has 0 aliphatic carbocycles. The summed E-state index contributed by atoms with van der Waals surface area (Å²) in [5.41, 5.74) is 1.27. The van der Waals surface area contributed by atoms with Crippen LogP contribution in [0.1, 0.15) is 17.2 Å². The van der Waals surface area contributed by atoms with Crippen LogP contribution in [0.25, 0.3) is 5.76 Å². The van der Waals surface area contributed by atoms with E-state index in [0.717, 1.165) is 9.13 Å². The van der Waals surface area contributed by atoms with Gasteiger partial charge in [0.15, 0.2) is 11.5 Å². The molecule has 0 spiro atoms. The van der Waals surface area contributed by atoms with Crippen molar-refractivity contribution in [2.24, 2.45) is 0 Å². The molecule has 0 aromatic heterocycles. The van der Waals surface area contributed by atoms with Gasteiger partial charge in [0, 0.05) is 22.2 Å². The fourth-order valence-corrected chi connectivity index (χ4v) is 4.12. The van der Waals surface area contributed by atoms with E-state index in [9.17, 15) is 14.7 Å². The van der Waals surface area contributed by atoms with Gasteiger partial charge in [-0.15, -0.1) is 0 Å². The van der Waals surface area contributed by atoms with E-state index in [1.165, 1.54) is 4.90 Å². The van der Waals surface area contributed by atoms with E-state index in [0.29, 0.717) is 43.4 Å². The average Bonchev–Trinajstić information content (AvgIpc) is 3.02. The topological polar surface area (TPSA) is 79.3 Å². The zero-order valence-corrected chi connectivity index (χ0v) is 19.5. The van der Waals surface area contributed by atoms with Crippen molar-refractivity contribution in [1.29, 1.82) is 0 Å². The van der Waals surface area contributed by atoms with Crippen LogP contribution < -0.4 is 9.47 Å². The number of carbonyl (C=O) groups is 2. The van der Waals surface area contributed by atoms with Crippen LogP contribution in [-0.4, -0.2) is 67.0 Å². The number of nitrogens with zero attached hydrogens (tertiary/aromatic N) is 2. The monoisotopic (exact) mass is 534 g/mol. The fourth-order valence-electron chi connectivity index (χ4n) is 3.76. The Hall–Kier alpha value is -2.59. The zero-order valence-electron chi connectivity index (χ0n) is 17.3. The van der Waals surface area contributed by atoms with Crippen molar-refractivity contribution in [2.75, 3.05) is 40.4 Å². The molecule has 2 aliphatic heterocycles. The van der Waals surface area contributed by atoms with Gasteiger partial charge < -0.3 is 24.4 Å². The van der Waals surface area contributed by atoms with Crippen LogP contribution in [0.2, 0.25) is 0 Å². The minimum Gasteiger partial charge on any atom is -0.507 e. The molecule has 1 fully saturated rings. The SMILES string of the molecule is CN(C)CCN1C(=O)C(=O)/C(=C(/O)c2ccc3c(c2)OCCO3)C1c1ccc(I)cc1. The summed E-state index contributed by atoms with van der Waals surface area (Å²) in [5.74, 6) is -0.420. The number of benzene rings is 2. The highest BCUT2D eigenvalue weighted by Crippen LogP contribution is 2.41. The first-order valence-electron chi connectivity index (χ1n) is 9.95. The smallest absolute Gasteiger partial charge is 0.295 e. The molecule has 1 amide bonds. The van der Waals surface area contributed by atoms with Crippen molar-refractivity contribution in [2.45, 2.75) is 6.04 Å². The van der Waals surface area contributed by atoms with Crippen LogP contribution >= 0.6 is 22.6 Å². The molecule has 1 atom stereocenters. The summed E-state index contributed by atoms with van der Waals surface area (Å²) in [7, 11) is 3.82. The second kappa shape index (κ2) is 8.88. The maximum Gasteiger partial charge on any atom is 0.295 e. The Kier molecular flexibility index (Phi) is 6.19. The van der Waals surface area contributed by atoms with Gasteiger partial charge in [-0.1, -0.05) is 12.1 Å². The van der Waals surface area contributed by atoms with Crippen LogP contribution in [0.5, 0.6) is 11.5 Å². The van der Waals surface area contributed by atoms with Crippen LogP contribution in [0.3, 0.4) is 0 Å². The molecular formula is C23H23IN2O5. The maximum absolute atomic E-state index is 13.0. The Morgan fingerprint density at radius 2 is 1.77 bits per heavy atom. The molecule has 1 saturated heterocycles. The number of halogens is 1. The van der Waals surface area contributed by atoms with Crippen molar-refractivity contribution in [3.63, 3.8) is 0 Å². The largest absolute Gasteiger partial charge is 0.507 e. The number of hydrogen-bond donors (Lipinski definition) is 1.